The van der Waals surface area contributed by atoms with E-state index in [1.165, 1.54) is 33.5 Å². The zero-order valence-corrected chi connectivity index (χ0v) is 21.3. The number of para-hydroxylation sites is 3. The Bertz CT molecular complexity index is 1600. The molecule has 2 aliphatic carbocycles. The molecule has 2 atom stereocenters. The van der Waals surface area contributed by atoms with E-state index in [9.17, 15) is 0 Å². The van der Waals surface area contributed by atoms with Crippen molar-refractivity contribution in [2.24, 2.45) is 5.92 Å². The van der Waals surface area contributed by atoms with Crippen LogP contribution in [-0.2, 0) is 5.41 Å². The van der Waals surface area contributed by atoms with Crippen molar-refractivity contribution in [3.63, 3.8) is 0 Å². The van der Waals surface area contributed by atoms with E-state index in [0.29, 0.717) is 11.8 Å². The van der Waals surface area contributed by atoms with E-state index in [1.54, 1.807) is 0 Å². The van der Waals surface area contributed by atoms with Crippen LogP contribution in [0.25, 0.3) is 16.6 Å². The van der Waals surface area contributed by atoms with Gasteiger partial charge in [-0.2, -0.15) is 0 Å². The number of anilines is 3. The first-order valence-electron chi connectivity index (χ1n) is 13.1. The molecular formula is C35H30N2. The number of nitrogens with zero attached hydrogens (tertiary/aromatic N) is 2. The van der Waals surface area contributed by atoms with E-state index >= 15 is 0 Å². The molecule has 0 aliphatic heterocycles. The second-order valence-corrected chi connectivity index (χ2v) is 10.7. The lowest BCUT2D eigenvalue weighted by molar-refractivity contribution is 0.394. The number of rotatable bonds is 4. The van der Waals surface area contributed by atoms with Crippen LogP contribution in [0, 0.1) is 5.92 Å². The third-order valence-electron chi connectivity index (χ3n) is 8.22. The molecule has 0 radical (unpaired) electrons. The molecule has 0 fully saturated rings. The summed E-state index contributed by atoms with van der Waals surface area (Å²) in [6.45, 7) is 4.85. The molecule has 2 heteroatoms. The Kier molecular flexibility index (Phi) is 4.97. The SMILES string of the molecule is CC1(C)c2c(n(-c3ccccc3)c3ccc(N(c4ccccc4)c4ccccc4)cc23)C2C=CC=CC21. The molecule has 1 aromatic heterocycles. The van der Waals surface area contributed by atoms with Crippen molar-refractivity contribution < 1.29 is 0 Å². The maximum absolute atomic E-state index is 2.51. The van der Waals surface area contributed by atoms with E-state index in [1.807, 2.05) is 0 Å². The summed E-state index contributed by atoms with van der Waals surface area (Å²) in [5, 5.41) is 1.34. The van der Waals surface area contributed by atoms with Gasteiger partial charge in [0.1, 0.15) is 0 Å². The van der Waals surface area contributed by atoms with Gasteiger partial charge in [0.2, 0.25) is 0 Å². The van der Waals surface area contributed by atoms with Gasteiger partial charge in [-0.05, 0) is 71.5 Å². The highest BCUT2D eigenvalue weighted by Crippen LogP contribution is 2.57. The van der Waals surface area contributed by atoms with Gasteiger partial charge in [-0.15, -0.1) is 0 Å². The number of benzene rings is 4. The average Bonchev–Trinajstić information content (AvgIpc) is 3.41. The van der Waals surface area contributed by atoms with Crippen LogP contribution in [-0.4, -0.2) is 4.57 Å². The molecule has 0 spiro atoms. The van der Waals surface area contributed by atoms with Crippen LogP contribution >= 0.6 is 0 Å². The molecule has 2 nitrogen and oxygen atoms in total. The van der Waals surface area contributed by atoms with Crippen molar-refractivity contribution >= 4 is 28.0 Å². The Labute approximate surface area is 218 Å². The van der Waals surface area contributed by atoms with Crippen molar-refractivity contribution in [2.45, 2.75) is 25.2 Å². The Hall–Kier alpha value is -4.30. The zero-order chi connectivity index (χ0) is 25.0. The van der Waals surface area contributed by atoms with Gasteiger partial charge in [0.05, 0.1) is 5.52 Å². The second kappa shape index (κ2) is 8.38. The lowest BCUT2D eigenvalue weighted by Gasteiger charge is -2.30. The molecule has 2 unspecified atom stereocenters. The molecule has 4 aromatic carbocycles. The quantitative estimate of drug-likeness (QED) is 0.250. The lowest BCUT2D eigenvalue weighted by Crippen LogP contribution is -2.25. The van der Waals surface area contributed by atoms with Gasteiger partial charge in [-0.3, -0.25) is 0 Å². The highest BCUT2D eigenvalue weighted by molar-refractivity contribution is 5.94. The van der Waals surface area contributed by atoms with Crippen molar-refractivity contribution in [3.05, 3.63) is 145 Å². The summed E-state index contributed by atoms with van der Waals surface area (Å²) in [7, 11) is 0. The van der Waals surface area contributed by atoms with Crippen LogP contribution < -0.4 is 4.90 Å². The molecule has 0 saturated carbocycles. The Morgan fingerprint density at radius 1 is 0.649 bits per heavy atom. The van der Waals surface area contributed by atoms with Gasteiger partial charge < -0.3 is 9.47 Å². The Morgan fingerprint density at radius 3 is 1.89 bits per heavy atom. The van der Waals surface area contributed by atoms with Gasteiger partial charge in [-0.25, -0.2) is 0 Å². The topological polar surface area (TPSA) is 8.17 Å². The number of allylic oxidation sites excluding steroid dienone is 4. The largest absolute Gasteiger partial charge is 0.313 e. The molecule has 1 heterocycles. The van der Waals surface area contributed by atoms with Crippen LogP contribution in [0.2, 0.25) is 0 Å². The van der Waals surface area contributed by atoms with Crippen molar-refractivity contribution in [1.29, 1.82) is 0 Å². The third kappa shape index (κ3) is 3.33. The van der Waals surface area contributed by atoms with Crippen molar-refractivity contribution in [3.8, 4) is 5.69 Å². The van der Waals surface area contributed by atoms with Gasteiger partial charge in [0.15, 0.2) is 0 Å². The predicted octanol–water partition coefficient (Wildman–Crippen LogP) is 9.22. The predicted molar refractivity (Wildman–Crippen MR) is 155 cm³/mol. The smallest absolute Gasteiger partial charge is 0.0536 e. The molecule has 2 aliphatic rings. The fraction of sp³-hybridized carbons (Fsp3) is 0.143. The second-order valence-electron chi connectivity index (χ2n) is 10.7. The van der Waals surface area contributed by atoms with E-state index < -0.39 is 0 Å². The van der Waals surface area contributed by atoms with Crippen LogP contribution in [0.4, 0.5) is 17.1 Å². The molecule has 5 aromatic rings. The highest BCUT2D eigenvalue weighted by Gasteiger charge is 2.48. The minimum Gasteiger partial charge on any atom is -0.313 e. The molecule has 180 valence electrons. The summed E-state index contributed by atoms with van der Waals surface area (Å²) in [5.41, 5.74) is 8.91. The first-order valence-corrected chi connectivity index (χ1v) is 13.1. The van der Waals surface area contributed by atoms with Gasteiger partial charge in [0, 0.05) is 39.7 Å². The average molecular weight is 479 g/mol. The molecule has 0 N–H and O–H groups in total. The molecule has 7 rings (SSSR count). The lowest BCUT2D eigenvalue weighted by atomic mass is 9.74. The Morgan fingerprint density at radius 2 is 1.24 bits per heavy atom. The fourth-order valence-electron chi connectivity index (χ4n) is 6.61. The molecular weight excluding hydrogens is 448 g/mol. The van der Waals surface area contributed by atoms with Crippen LogP contribution in [0.15, 0.2) is 133 Å². The first kappa shape index (κ1) is 21.9. The monoisotopic (exact) mass is 478 g/mol. The van der Waals surface area contributed by atoms with Crippen molar-refractivity contribution in [2.75, 3.05) is 4.90 Å². The van der Waals surface area contributed by atoms with Crippen LogP contribution in [0.3, 0.4) is 0 Å². The maximum atomic E-state index is 2.51. The summed E-state index contributed by atoms with van der Waals surface area (Å²) < 4.78 is 2.51. The summed E-state index contributed by atoms with van der Waals surface area (Å²) in [6, 6.07) is 39.2. The summed E-state index contributed by atoms with van der Waals surface area (Å²) in [6.07, 6.45) is 9.26. The molecule has 37 heavy (non-hydrogen) atoms. The minimum absolute atomic E-state index is 0.0164. The van der Waals surface area contributed by atoms with Crippen LogP contribution in [0.1, 0.15) is 31.0 Å². The van der Waals surface area contributed by atoms with E-state index in [2.05, 4.69) is 157 Å². The third-order valence-corrected chi connectivity index (χ3v) is 8.22. The maximum Gasteiger partial charge on any atom is 0.0536 e. The summed E-state index contributed by atoms with van der Waals surface area (Å²) >= 11 is 0. The summed E-state index contributed by atoms with van der Waals surface area (Å²) in [4.78, 5) is 2.36. The number of fused-ring (bicyclic) bond motifs is 5. The standard InChI is InChI=1S/C35H30N2/c1-35(2)31-21-13-12-20-29(31)34-33(35)30-24-28(22-23-32(30)37(34)27-18-10-5-11-19-27)36(25-14-6-3-7-15-25)26-16-8-4-9-17-26/h3-24,29,31H,1-2H3. The number of aromatic nitrogens is 1. The normalized spacial score (nSPS) is 19.1. The van der Waals surface area contributed by atoms with Gasteiger partial charge >= 0.3 is 0 Å². The number of hydrogen-bond acceptors (Lipinski definition) is 1. The molecule has 0 amide bonds. The number of hydrogen-bond donors (Lipinski definition) is 0. The van der Waals surface area contributed by atoms with E-state index in [0.717, 1.165) is 11.4 Å². The van der Waals surface area contributed by atoms with Gasteiger partial charge in [0.25, 0.3) is 0 Å². The summed E-state index contributed by atoms with van der Waals surface area (Å²) in [5.74, 6) is 0.815. The Balaban J connectivity index is 1.52. The van der Waals surface area contributed by atoms with Crippen LogP contribution in [0.5, 0.6) is 0 Å². The minimum atomic E-state index is 0.0164. The van der Waals surface area contributed by atoms with Gasteiger partial charge in [-0.1, -0.05) is 92.7 Å². The fourth-order valence-corrected chi connectivity index (χ4v) is 6.61. The first-order chi connectivity index (χ1) is 18.1. The van der Waals surface area contributed by atoms with Crippen molar-refractivity contribution in [1.82, 2.24) is 4.57 Å². The van der Waals surface area contributed by atoms with E-state index in [-0.39, 0.29) is 5.41 Å². The highest BCUT2D eigenvalue weighted by atomic mass is 15.1. The molecule has 0 saturated heterocycles. The van der Waals surface area contributed by atoms with E-state index in [4.69, 9.17) is 0 Å². The zero-order valence-electron chi connectivity index (χ0n) is 21.3. The molecule has 0 bridgehead atoms.